The lowest BCUT2D eigenvalue weighted by molar-refractivity contribution is -0.136. The molecule has 3 aliphatic heterocycles. The number of rotatable bonds is 5. The van der Waals surface area contributed by atoms with Gasteiger partial charge in [0.15, 0.2) is 11.5 Å². The number of aryl methyl sites for hydroxylation is 1. The van der Waals surface area contributed by atoms with E-state index in [9.17, 15) is 14.4 Å². The standard InChI is InChI=1S/C28H34N4O5/c1-19-5-8-22(9-6-19)29-28(35)32-15-11-20(12-16-32)25(27(34)31-13-3-2-4-14-31)30-26(33)21-7-10-23-24(17-21)37-18-36-23/h5-10,17,20,25H,2-4,11-16,18H2,1H3,(H,29,35)(H,30,33)/t25-/m1/s1. The average Bonchev–Trinajstić information content (AvgIpc) is 3.41. The van der Waals surface area contributed by atoms with E-state index in [4.69, 9.17) is 9.47 Å². The summed E-state index contributed by atoms with van der Waals surface area (Å²) in [6, 6.07) is 12.0. The highest BCUT2D eigenvalue weighted by Gasteiger charge is 2.36. The van der Waals surface area contributed by atoms with Crippen molar-refractivity contribution in [1.29, 1.82) is 0 Å². The maximum absolute atomic E-state index is 13.6. The van der Waals surface area contributed by atoms with Crippen LogP contribution in [-0.4, -0.2) is 66.7 Å². The third kappa shape index (κ3) is 5.81. The van der Waals surface area contributed by atoms with Crippen LogP contribution in [0.25, 0.3) is 0 Å². The molecule has 0 spiro atoms. The summed E-state index contributed by atoms with van der Waals surface area (Å²) in [5.41, 5.74) is 2.31. The lowest BCUT2D eigenvalue weighted by Crippen LogP contribution is -2.55. The number of fused-ring (bicyclic) bond motifs is 1. The Morgan fingerprint density at radius 1 is 0.865 bits per heavy atom. The van der Waals surface area contributed by atoms with Gasteiger partial charge in [0.1, 0.15) is 6.04 Å². The molecule has 0 aromatic heterocycles. The summed E-state index contributed by atoms with van der Waals surface area (Å²) in [4.78, 5) is 43.3. The molecular weight excluding hydrogens is 472 g/mol. The molecule has 9 nitrogen and oxygen atoms in total. The molecule has 1 atom stereocenters. The van der Waals surface area contributed by atoms with Crippen molar-refractivity contribution in [1.82, 2.24) is 15.1 Å². The predicted octanol–water partition coefficient (Wildman–Crippen LogP) is 3.78. The Kier molecular flexibility index (Phi) is 7.48. The Balaban J connectivity index is 1.25. The molecular formula is C28H34N4O5. The maximum atomic E-state index is 13.6. The zero-order valence-corrected chi connectivity index (χ0v) is 21.2. The van der Waals surface area contributed by atoms with Crippen LogP contribution in [0, 0.1) is 12.8 Å². The van der Waals surface area contributed by atoms with Gasteiger partial charge in [-0.15, -0.1) is 0 Å². The van der Waals surface area contributed by atoms with Crippen LogP contribution in [0.5, 0.6) is 11.5 Å². The molecule has 196 valence electrons. The van der Waals surface area contributed by atoms with Crippen LogP contribution in [0.2, 0.25) is 0 Å². The van der Waals surface area contributed by atoms with Gasteiger partial charge in [-0.1, -0.05) is 17.7 Å². The van der Waals surface area contributed by atoms with Crippen LogP contribution in [-0.2, 0) is 4.79 Å². The molecule has 2 fully saturated rings. The lowest BCUT2D eigenvalue weighted by Gasteiger charge is -2.38. The van der Waals surface area contributed by atoms with Gasteiger partial charge in [-0.25, -0.2) is 4.79 Å². The SMILES string of the molecule is Cc1ccc(NC(=O)N2CCC([C@@H](NC(=O)c3ccc4c(c3)OCO4)C(=O)N3CCCCC3)CC2)cc1. The summed E-state index contributed by atoms with van der Waals surface area (Å²) >= 11 is 0. The Labute approximate surface area is 217 Å². The summed E-state index contributed by atoms with van der Waals surface area (Å²) in [5, 5.41) is 5.99. The summed E-state index contributed by atoms with van der Waals surface area (Å²) < 4.78 is 10.8. The van der Waals surface area contributed by atoms with Gasteiger partial charge >= 0.3 is 6.03 Å². The molecule has 0 saturated carbocycles. The van der Waals surface area contributed by atoms with Gasteiger partial charge in [0.25, 0.3) is 5.91 Å². The molecule has 3 aliphatic rings. The number of hydrogen-bond donors (Lipinski definition) is 2. The van der Waals surface area contributed by atoms with Crippen LogP contribution in [0.3, 0.4) is 0 Å². The maximum Gasteiger partial charge on any atom is 0.321 e. The van der Waals surface area contributed by atoms with Crippen LogP contribution in [0.15, 0.2) is 42.5 Å². The number of urea groups is 1. The number of nitrogens with zero attached hydrogens (tertiary/aromatic N) is 2. The van der Waals surface area contributed by atoms with E-state index in [1.165, 1.54) is 0 Å². The average molecular weight is 507 g/mol. The van der Waals surface area contributed by atoms with Gasteiger partial charge in [0.2, 0.25) is 12.7 Å². The van der Waals surface area contributed by atoms with Crippen molar-refractivity contribution in [2.75, 3.05) is 38.3 Å². The zero-order chi connectivity index (χ0) is 25.8. The molecule has 4 amide bonds. The molecule has 9 heteroatoms. The molecule has 0 bridgehead atoms. The van der Waals surface area contributed by atoms with E-state index in [2.05, 4.69) is 10.6 Å². The highest BCUT2D eigenvalue weighted by atomic mass is 16.7. The number of amides is 4. The normalized spacial score (nSPS) is 18.3. The van der Waals surface area contributed by atoms with Crippen molar-refractivity contribution in [2.24, 2.45) is 5.92 Å². The number of anilines is 1. The highest BCUT2D eigenvalue weighted by Crippen LogP contribution is 2.33. The fraction of sp³-hybridized carbons (Fsp3) is 0.464. The van der Waals surface area contributed by atoms with Crippen LogP contribution >= 0.6 is 0 Å². The molecule has 3 heterocycles. The number of likely N-dealkylation sites (tertiary alicyclic amines) is 2. The molecule has 2 aromatic carbocycles. The number of piperidine rings is 2. The van der Waals surface area contributed by atoms with E-state index in [-0.39, 0.29) is 30.6 Å². The van der Waals surface area contributed by atoms with Crippen molar-refractivity contribution in [3.8, 4) is 11.5 Å². The van der Waals surface area contributed by atoms with Gasteiger partial charge in [0, 0.05) is 37.4 Å². The first-order chi connectivity index (χ1) is 18.0. The second-order valence-electron chi connectivity index (χ2n) is 10.0. The minimum absolute atomic E-state index is 0.0312. The molecule has 2 N–H and O–H groups in total. The van der Waals surface area contributed by atoms with Crippen molar-refractivity contribution >= 4 is 23.5 Å². The Morgan fingerprint density at radius 3 is 2.30 bits per heavy atom. The van der Waals surface area contributed by atoms with Crippen molar-refractivity contribution in [3.63, 3.8) is 0 Å². The highest BCUT2D eigenvalue weighted by molar-refractivity contribution is 5.98. The largest absolute Gasteiger partial charge is 0.454 e. The second-order valence-corrected chi connectivity index (χ2v) is 10.0. The van der Waals surface area contributed by atoms with E-state index in [1.807, 2.05) is 36.1 Å². The number of nitrogens with one attached hydrogen (secondary N) is 2. The number of carbonyl (C=O) groups excluding carboxylic acids is 3. The molecule has 5 rings (SSSR count). The summed E-state index contributed by atoms with van der Waals surface area (Å²) in [5.74, 6) is 0.730. The molecule has 37 heavy (non-hydrogen) atoms. The Hall–Kier alpha value is -3.75. The fourth-order valence-electron chi connectivity index (χ4n) is 5.23. The van der Waals surface area contributed by atoms with Gasteiger partial charge in [-0.3, -0.25) is 9.59 Å². The molecule has 0 radical (unpaired) electrons. The monoisotopic (exact) mass is 506 g/mol. The number of ether oxygens (including phenoxy) is 2. The summed E-state index contributed by atoms with van der Waals surface area (Å²) in [6.07, 6.45) is 4.34. The predicted molar refractivity (Wildman–Crippen MR) is 139 cm³/mol. The Morgan fingerprint density at radius 2 is 1.57 bits per heavy atom. The number of hydrogen-bond acceptors (Lipinski definition) is 5. The van der Waals surface area contributed by atoms with E-state index in [0.29, 0.717) is 56.1 Å². The van der Waals surface area contributed by atoms with Crippen molar-refractivity contribution in [3.05, 3.63) is 53.6 Å². The van der Waals surface area contributed by atoms with E-state index in [1.54, 1.807) is 23.1 Å². The first kappa shape index (κ1) is 24.9. The summed E-state index contributed by atoms with van der Waals surface area (Å²) in [6.45, 7) is 4.61. The Bertz CT molecular complexity index is 1140. The lowest BCUT2D eigenvalue weighted by atomic mass is 9.88. The van der Waals surface area contributed by atoms with E-state index < -0.39 is 6.04 Å². The van der Waals surface area contributed by atoms with Crippen molar-refractivity contribution in [2.45, 2.75) is 45.1 Å². The van der Waals surface area contributed by atoms with E-state index >= 15 is 0 Å². The number of carbonyl (C=O) groups is 3. The van der Waals surface area contributed by atoms with Crippen LogP contribution in [0.1, 0.15) is 48.0 Å². The molecule has 0 unspecified atom stereocenters. The van der Waals surface area contributed by atoms with Gasteiger partial charge < -0.3 is 29.9 Å². The van der Waals surface area contributed by atoms with Gasteiger partial charge in [0.05, 0.1) is 0 Å². The molecule has 2 saturated heterocycles. The number of benzene rings is 2. The molecule has 2 aromatic rings. The summed E-state index contributed by atoms with van der Waals surface area (Å²) in [7, 11) is 0. The topological polar surface area (TPSA) is 100 Å². The second kappa shape index (κ2) is 11.1. The first-order valence-electron chi connectivity index (χ1n) is 13.1. The van der Waals surface area contributed by atoms with Gasteiger partial charge in [-0.05, 0) is 75.3 Å². The quantitative estimate of drug-likeness (QED) is 0.643. The zero-order valence-electron chi connectivity index (χ0n) is 21.2. The fourth-order valence-corrected chi connectivity index (χ4v) is 5.23. The minimum atomic E-state index is -0.640. The smallest absolute Gasteiger partial charge is 0.321 e. The first-order valence-corrected chi connectivity index (χ1v) is 13.1. The van der Waals surface area contributed by atoms with Crippen LogP contribution in [0.4, 0.5) is 10.5 Å². The third-order valence-electron chi connectivity index (χ3n) is 7.46. The molecule has 0 aliphatic carbocycles. The van der Waals surface area contributed by atoms with E-state index in [0.717, 1.165) is 30.5 Å². The van der Waals surface area contributed by atoms with Crippen molar-refractivity contribution < 1.29 is 23.9 Å². The van der Waals surface area contributed by atoms with Gasteiger partial charge in [-0.2, -0.15) is 0 Å². The van der Waals surface area contributed by atoms with Crippen LogP contribution < -0.4 is 20.1 Å². The minimum Gasteiger partial charge on any atom is -0.454 e. The third-order valence-corrected chi connectivity index (χ3v) is 7.46.